The molecule has 1 aliphatic carbocycles. The Kier molecular flexibility index (Phi) is 4.86. The van der Waals surface area contributed by atoms with Gasteiger partial charge >= 0.3 is 0 Å². The van der Waals surface area contributed by atoms with Gasteiger partial charge in [-0.25, -0.2) is 0 Å². The van der Waals surface area contributed by atoms with Crippen molar-refractivity contribution in [2.75, 3.05) is 6.61 Å². The minimum atomic E-state index is -0.418. The summed E-state index contributed by atoms with van der Waals surface area (Å²) in [6, 6.07) is 8.33. The number of benzene rings is 1. The molecule has 2 aliphatic rings. The van der Waals surface area contributed by atoms with E-state index in [1.807, 2.05) is 12.1 Å². The molecule has 5 heteroatoms. The smallest absolute Gasteiger partial charge is 0.169 e. The molecule has 0 radical (unpaired) electrons. The predicted octanol–water partition coefficient (Wildman–Crippen LogP) is 3.65. The molecule has 1 heterocycles. The average Bonchev–Trinajstić information content (AvgIpc) is 2.84. The van der Waals surface area contributed by atoms with Gasteiger partial charge in [0.15, 0.2) is 5.79 Å². The van der Waals surface area contributed by atoms with E-state index in [-0.39, 0.29) is 12.2 Å². The lowest BCUT2D eigenvalue weighted by Crippen LogP contribution is -2.33. The van der Waals surface area contributed by atoms with Crippen molar-refractivity contribution in [2.24, 2.45) is 5.14 Å². The van der Waals surface area contributed by atoms with Crippen LogP contribution in [0.1, 0.15) is 49.3 Å². The number of ether oxygens (including phenoxy) is 2. The van der Waals surface area contributed by atoms with Crippen molar-refractivity contribution in [3.63, 3.8) is 0 Å². The molecular weight excluding hydrogens is 286 g/mol. The summed E-state index contributed by atoms with van der Waals surface area (Å²) in [5.74, 6) is -0.418. The van der Waals surface area contributed by atoms with Gasteiger partial charge in [0.25, 0.3) is 0 Å². The van der Waals surface area contributed by atoms with Gasteiger partial charge in [0.1, 0.15) is 12.2 Å². The van der Waals surface area contributed by atoms with Crippen molar-refractivity contribution < 1.29 is 13.7 Å². The molecule has 1 spiro atoms. The second-order valence-electron chi connectivity index (χ2n) is 5.90. The van der Waals surface area contributed by atoms with Gasteiger partial charge < -0.3 is 9.47 Å². The van der Waals surface area contributed by atoms with Crippen molar-refractivity contribution in [3.8, 4) is 0 Å². The standard InChI is InChI=1S/C16H23NO3S/c1-12-7-3-4-8-13(12)15-14(11-18-21-17)19-16(20-15)9-5-2-6-10-16/h3-4,7-8,14-15H,2,5-6,9-11,17H2,1H3/t14-,15?/m1/s1. The van der Waals surface area contributed by atoms with Gasteiger partial charge in [-0.1, -0.05) is 30.7 Å². The highest BCUT2D eigenvalue weighted by Crippen LogP contribution is 2.46. The summed E-state index contributed by atoms with van der Waals surface area (Å²) in [6.45, 7) is 2.56. The van der Waals surface area contributed by atoms with Crippen LogP contribution in [0.4, 0.5) is 0 Å². The van der Waals surface area contributed by atoms with Crippen molar-refractivity contribution in [3.05, 3.63) is 35.4 Å². The highest BCUT2D eigenvalue weighted by atomic mass is 32.2. The van der Waals surface area contributed by atoms with Gasteiger partial charge in [-0.2, -0.15) is 0 Å². The van der Waals surface area contributed by atoms with Gasteiger partial charge in [0.2, 0.25) is 0 Å². The second-order valence-corrected chi connectivity index (χ2v) is 6.33. The zero-order chi connectivity index (χ0) is 14.7. The molecule has 1 unspecified atom stereocenters. The number of hydrogen-bond acceptors (Lipinski definition) is 5. The molecule has 2 atom stereocenters. The largest absolute Gasteiger partial charge is 0.341 e. The van der Waals surface area contributed by atoms with Crippen LogP contribution in [0.3, 0.4) is 0 Å². The molecular formula is C16H23NO3S. The number of nitrogens with two attached hydrogens (primary N) is 1. The first kappa shape index (κ1) is 15.3. The van der Waals surface area contributed by atoms with Crippen LogP contribution in [0.25, 0.3) is 0 Å². The van der Waals surface area contributed by atoms with Crippen molar-refractivity contribution >= 4 is 12.2 Å². The van der Waals surface area contributed by atoms with Crippen LogP contribution in [0.5, 0.6) is 0 Å². The van der Waals surface area contributed by atoms with Gasteiger partial charge in [0, 0.05) is 12.8 Å². The third-order valence-electron chi connectivity index (χ3n) is 4.46. The normalized spacial score (nSPS) is 28.1. The van der Waals surface area contributed by atoms with Crippen LogP contribution in [-0.4, -0.2) is 18.5 Å². The van der Waals surface area contributed by atoms with Gasteiger partial charge in [0.05, 0.1) is 18.8 Å². The maximum absolute atomic E-state index is 6.41. The lowest BCUT2D eigenvalue weighted by Gasteiger charge is -2.32. The maximum atomic E-state index is 6.41. The molecule has 1 aliphatic heterocycles. The number of aryl methyl sites for hydroxylation is 1. The Bertz CT molecular complexity index is 476. The van der Waals surface area contributed by atoms with Gasteiger partial charge in [-0.05, 0) is 30.9 Å². The molecule has 0 amide bonds. The first-order valence-electron chi connectivity index (χ1n) is 7.64. The lowest BCUT2D eigenvalue weighted by molar-refractivity contribution is -0.195. The van der Waals surface area contributed by atoms with Crippen LogP contribution in [0, 0.1) is 6.92 Å². The summed E-state index contributed by atoms with van der Waals surface area (Å²) in [4.78, 5) is 0. The Hall–Kier alpha value is -0.590. The molecule has 1 saturated heterocycles. The van der Waals surface area contributed by atoms with Gasteiger partial charge in [-0.15, -0.1) is 0 Å². The second kappa shape index (κ2) is 6.67. The molecule has 2 fully saturated rings. The molecule has 21 heavy (non-hydrogen) atoms. The predicted molar refractivity (Wildman–Crippen MR) is 83.4 cm³/mol. The fraction of sp³-hybridized carbons (Fsp3) is 0.625. The lowest BCUT2D eigenvalue weighted by atomic mass is 9.94. The third-order valence-corrected chi connectivity index (χ3v) is 4.73. The number of rotatable bonds is 4. The summed E-state index contributed by atoms with van der Waals surface area (Å²) in [7, 11) is 0. The van der Waals surface area contributed by atoms with E-state index in [0.29, 0.717) is 6.61 Å². The molecule has 116 valence electrons. The third kappa shape index (κ3) is 3.27. The Balaban J connectivity index is 1.83. The minimum absolute atomic E-state index is 0.0727. The minimum Gasteiger partial charge on any atom is -0.341 e. The number of hydrogen-bond donors (Lipinski definition) is 1. The Morgan fingerprint density at radius 3 is 2.71 bits per heavy atom. The van der Waals surface area contributed by atoms with E-state index in [1.54, 1.807) is 0 Å². The highest BCUT2D eigenvalue weighted by molar-refractivity contribution is 7.92. The zero-order valence-electron chi connectivity index (χ0n) is 12.4. The van der Waals surface area contributed by atoms with Crippen LogP contribution in [0.2, 0.25) is 0 Å². The molecule has 1 aromatic carbocycles. The van der Waals surface area contributed by atoms with E-state index in [4.69, 9.17) is 18.8 Å². The first-order valence-corrected chi connectivity index (χ1v) is 8.44. The highest BCUT2D eigenvalue weighted by Gasteiger charge is 2.48. The molecule has 1 aromatic rings. The fourth-order valence-corrected chi connectivity index (χ4v) is 3.61. The van der Waals surface area contributed by atoms with Gasteiger partial charge in [-0.3, -0.25) is 9.32 Å². The first-order chi connectivity index (χ1) is 10.2. The molecule has 0 aromatic heterocycles. The van der Waals surface area contributed by atoms with Crippen LogP contribution >= 0.6 is 12.2 Å². The maximum Gasteiger partial charge on any atom is 0.169 e. The fourth-order valence-electron chi connectivity index (χ4n) is 3.40. The quantitative estimate of drug-likeness (QED) is 0.679. The summed E-state index contributed by atoms with van der Waals surface area (Å²) >= 11 is 0.889. The van der Waals surface area contributed by atoms with E-state index in [2.05, 4.69) is 19.1 Å². The van der Waals surface area contributed by atoms with E-state index < -0.39 is 5.79 Å². The van der Waals surface area contributed by atoms with Crippen molar-refractivity contribution in [1.29, 1.82) is 0 Å². The summed E-state index contributed by atoms with van der Waals surface area (Å²) in [5.41, 5.74) is 2.42. The molecule has 2 N–H and O–H groups in total. The van der Waals surface area contributed by atoms with Crippen LogP contribution < -0.4 is 5.14 Å². The average molecular weight is 309 g/mol. The molecule has 1 saturated carbocycles. The molecule has 3 rings (SSSR count). The van der Waals surface area contributed by atoms with E-state index in [0.717, 1.165) is 25.1 Å². The van der Waals surface area contributed by atoms with E-state index in [1.165, 1.54) is 30.4 Å². The molecule has 0 bridgehead atoms. The zero-order valence-corrected chi connectivity index (χ0v) is 13.2. The Morgan fingerprint density at radius 2 is 2.00 bits per heavy atom. The van der Waals surface area contributed by atoms with E-state index in [9.17, 15) is 0 Å². The van der Waals surface area contributed by atoms with Crippen LogP contribution in [0.15, 0.2) is 24.3 Å². The Morgan fingerprint density at radius 1 is 1.24 bits per heavy atom. The van der Waals surface area contributed by atoms with Crippen molar-refractivity contribution in [1.82, 2.24) is 0 Å². The monoisotopic (exact) mass is 309 g/mol. The van der Waals surface area contributed by atoms with E-state index >= 15 is 0 Å². The SMILES string of the molecule is Cc1ccccc1C1OC2(CCCCC2)O[C@@H]1COSN. The summed E-state index contributed by atoms with van der Waals surface area (Å²) in [6.07, 6.45) is 5.38. The Labute approximate surface area is 130 Å². The molecule has 4 nitrogen and oxygen atoms in total. The van der Waals surface area contributed by atoms with Crippen LogP contribution in [-0.2, 0) is 13.7 Å². The topological polar surface area (TPSA) is 53.7 Å². The summed E-state index contributed by atoms with van der Waals surface area (Å²) < 4.78 is 18.0. The summed E-state index contributed by atoms with van der Waals surface area (Å²) in [5, 5.41) is 5.39. The van der Waals surface area contributed by atoms with Crippen molar-refractivity contribution in [2.45, 2.75) is 57.0 Å².